The Balaban J connectivity index is 1.92. The number of nitrogens with zero attached hydrogens (tertiary/aromatic N) is 1. The number of ether oxygens (including phenoxy) is 1. The first-order valence-corrected chi connectivity index (χ1v) is 8.91. The fraction of sp³-hybridized carbons (Fsp3) is 0.263. The van der Waals surface area contributed by atoms with E-state index in [-0.39, 0.29) is 23.8 Å². The van der Waals surface area contributed by atoms with E-state index in [4.69, 9.17) is 4.74 Å². The minimum absolute atomic E-state index is 0.0628. The van der Waals surface area contributed by atoms with Gasteiger partial charge in [-0.2, -0.15) is 0 Å². The van der Waals surface area contributed by atoms with Crippen LogP contribution in [0.3, 0.4) is 0 Å². The van der Waals surface area contributed by atoms with E-state index in [2.05, 4.69) is 0 Å². The number of hydrogen-bond acceptors (Lipinski definition) is 6. The number of ketones is 1. The number of rotatable bonds is 7. The Morgan fingerprint density at radius 1 is 1.08 bits per heavy atom. The Hall–Kier alpha value is -2.67. The van der Waals surface area contributed by atoms with Crippen LogP contribution in [0.1, 0.15) is 27.0 Å². The van der Waals surface area contributed by atoms with E-state index in [0.717, 1.165) is 28.5 Å². The molecule has 6 nitrogen and oxygen atoms in total. The second-order valence-electron chi connectivity index (χ2n) is 5.85. The maximum absolute atomic E-state index is 12.3. The Bertz CT molecular complexity index is 863. The minimum atomic E-state index is -0.594. The van der Waals surface area contributed by atoms with E-state index < -0.39 is 10.9 Å². The summed E-state index contributed by atoms with van der Waals surface area (Å²) in [5, 5.41) is 11.0. The molecule has 7 heteroatoms. The molecule has 0 N–H and O–H groups in total. The van der Waals surface area contributed by atoms with Gasteiger partial charge in [0.25, 0.3) is 5.69 Å². The van der Waals surface area contributed by atoms with Gasteiger partial charge in [0.15, 0.2) is 6.61 Å². The molecule has 136 valence electrons. The van der Waals surface area contributed by atoms with Crippen LogP contribution < -0.4 is 0 Å². The summed E-state index contributed by atoms with van der Waals surface area (Å²) in [6, 6.07) is 9.88. The number of Topliss-reactive ketones (excluding diaryl/α,β-unsaturated/α-hetero) is 1. The molecule has 0 bridgehead atoms. The highest BCUT2D eigenvalue weighted by Gasteiger charge is 2.16. The standard InChI is InChI=1S/C19H19NO5S/c1-12-8-14(3)15(9-13(12)2)17(21)10-25-19(22)11-26-18-7-5-4-6-16(18)20(23)24/h4-9H,10-11H2,1-3H3. The molecular formula is C19H19NO5S. The van der Waals surface area contributed by atoms with Crippen molar-refractivity contribution in [2.24, 2.45) is 0 Å². The molecule has 0 aliphatic heterocycles. The van der Waals surface area contributed by atoms with Crippen LogP contribution in [-0.2, 0) is 9.53 Å². The minimum Gasteiger partial charge on any atom is -0.457 e. The lowest BCUT2D eigenvalue weighted by Gasteiger charge is -2.09. The third-order valence-corrected chi connectivity index (χ3v) is 4.95. The van der Waals surface area contributed by atoms with E-state index in [0.29, 0.717) is 10.5 Å². The van der Waals surface area contributed by atoms with Gasteiger partial charge in [-0.15, -0.1) is 11.8 Å². The number of para-hydroxylation sites is 1. The van der Waals surface area contributed by atoms with Crippen molar-refractivity contribution in [2.45, 2.75) is 25.7 Å². The van der Waals surface area contributed by atoms with Crippen LogP contribution >= 0.6 is 11.8 Å². The number of nitro benzene ring substituents is 1. The van der Waals surface area contributed by atoms with Gasteiger partial charge in [-0.1, -0.05) is 18.2 Å². The van der Waals surface area contributed by atoms with Crippen molar-refractivity contribution in [3.05, 3.63) is 68.8 Å². The van der Waals surface area contributed by atoms with Gasteiger partial charge in [0, 0.05) is 11.6 Å². The maximum atomic E-state index is 12.3. The summed E-state index contributed by atoms with van der Waals surface area (Å²) < 4.78 is 5.03. The molecule has 0 saturated carbocycles. The summed E-state index contributed by atoms with van der Waals surface area (Å²) in [6.45, 7) is 5.38. The Morgan fingerprint density at radius 3 is 2.42 bits per heavy atom. The van der Waals surface area contributed by atoms with Crippen LogP contribution in [0.4, 0.5) is 5.69 Å². The van der Waals surface area contributed by atoms with Crippen molar-refractivity contribution in [1.82, 2.24) is 0 Å². The number of esters is 1. The van der Waals surface area contributed by atoms with Crippen LogP contribution in [-0.4, -0.2) is 29.0 Å². The van der Waals surface area contributed by atoms with Gasteiger partial charge in [-0.3, -0.25) is 19.7 Å². The predicted octanol–water partition coefficient (Wildman–Crippen LogP) is 4.04. The highest BCUT2D eigenvalue weighted by atomic mass is 32.2. The normalized spacial score (nSPS) is 10.4. The van der Waals surface area contributed by atoms with E-state index in [9.17, 15) is 19.7 Å². The van der Waals surface area contributed by atoms with E-state index in [1.54, 1.807) is 24.3 Å². The number of carbonyl (C=O) groups excluding carboxylic acids is 2. The summed E-state index contributed by atoms with van der Waals surface area (Å²) >= 11 is 1.01. The summed E-state index contributed by atoms with van der Waals surface area (Å²) in [7, 11) is 0. The first-order chi connectivity index (χ1) is 12.3. The monoisotopic (exact) mass is 373 g/mol. The first-order valence-electron chi connectivity index (χ1n) is 7.92. The van der Waals surface area contributed by atoms with Crippen molar-refractivity contribution in [3.8, 4) is 0 Å². The van der Waals surface area contributed by atoms with Gasteiger partial charge in [0.1, 0.15) is 0 Å². The topological polar surface area (TPSA) is 86.5 Å². The highest BCUT2D eigenvalue weighted by molar-refractivity contribution is 8.00. The molecule has 0 radical (unpaired) electrons. The molecular weight excluding hydrogens is 354 g/mol. The number of aryl methyl sites for hydroxylation is 3. The smallest absolute Gasteiger partial charge is 0.316 e. The van der Waals surface area contributed by atoms with Crippen molar-refractivity contribution in [2.75, 3.05) is 12.4 Å². The van der Waals surface area contributed by atoms with Crippen LogP contribution in [0.2, 0.25) is 0 Å². The van der Waals surface area contributed by atoms with Crippen molar-refractivity contribution in [1.29, 1.82) is 0 Å². The molecule has 2 rings (SSSR count). The van der Waals surface area contributed by atoms with E-state index in [1.165, 1.54) is 6.07 Å². The van der Waals surface area contributed by atoms with Crippen molar-refractivity contribution < 1.29 is 19.2 Å². The third kappa shape index (κ3) is 4.92. The first kappa shape index (κ1) is 19.7. The Morgan fingerprint density at radius 2 is 1.73 bits per heavy atom. The Kier molecular flexibility index (Phi) is 6.52. The van der Waals surface area contributed by atoms with Gasteiger partial charge in [0.2, 0.25) is 5.78 Å². The lowest BCUT2D eigenvalue weighted by atomic mass is 9.98. The van der Waals surface area contributed by atoms with Crippen LogP contribution in [0.5, 0.6) is 0 Å². The average Bonchev–Trinajstić information content (AvgIpc) is 2.61. The Labute approximate surface area is 155 Å². The lowest BCUT2D eigenvalue weighted by Crippen LogP contribution is -2.16. The van der Waals surface area contributed by atoms with Gasteiger partial charge in [-0.25, -0.2) is 0 Å². The number of hydrogen-bond donors (Lipinski definition) is 0. The molecule has 0 aromatic heterocycles. The van der Waals surface area contributed by atoms with E-state index >= 15 is 0 Å². The summed E-state index contributed by atoms with van der Waals surface area (Å²) in [6.07, 6.45) is 0. The number of thioether (sulfide) groups is 1. The fourth-order valence-electron chi connectivity index (χ4n) is 2.39. The molecule has 2 aromatic rings. The molecule has 0 saturated heterocycles. The molecule has 0 aliphatic rings. The molecule has 26 heavy (non-hydrogen) atoms. The zero-order valence-electron chi connectivity index (χ0n) is 14.8. The molecule has 0 fully saturated rings. The zero-order chi connectivity index (χ0) is 19.3. The SMILES string of the molecule is Cc1cc(C)c(C(=O)COC(=O)CSc2ccccc2[N+](=O)[O-])cc1C. The van der Waals surface area contributed by atoms with E-state index in [1.807, 2.05) is 26.8 Å². The van der Waals surface area contributed by atoms with Crippen molar-refractivity contribution in [3.63, 3.8) is 0 Å². The summed E-state index contributed by atoms with van der Waals surface area (Å²) in [4.78, 5) is 35.0. The molecule has 0 amide bonds. The van der Waals surface area contributed by atoms with Gasteiger partial charge in [-0.05, 0) is 49.6 Å². The molecule has 0 unspecified atom stereocenters. The number of nitro groups is 1. The quantitative estimate of drug-likeness (QED) is 0.239. The molecule has 0 spiro atoms. The summed E-state index contributed by atoms with van der Waals surface area (Å²) in [5.74, 6) is -0.970. The van der Waals surface area contributed by atoms with Crippen LogP contribution in [0.15, 0.2) is 41.3 Å². The van der Waals surface area contributed by atoms with Gasteiger partial charge < -0.3 is 4.74 Å². The van der Waals surface area contributed by atoms with Crippen LogP contribution in [0, 0.1) is 30.9 Å². The second kappa shape index (κ2) is 8.62. The molecule has 2 aromatic carbocycles. The highest BCUT2D eigenvalue weighted by Crippen LogP contribution is 2.28. The maximum Gasteiger partial charge on any atom is 0.316 e. The summed E-state index contributed by atoms with van der Waals surface area (Å²) in [5.41, 5.74) is 3.40. The zero-order valence-corrected chi connectivity index (χ0v) is 15.6. The number of carbonyl (C=O) groups is 2. The van der Waals surface area contributed by atoms with Crippen molar-refractivity contribution >= 4 is 29.2 Å². The fourth-order valence-corrected chi connectivity index (χ4v) is 3.22. The third-order valence-electron chi connectivity index (χ3n) is 3.91. The lowest BCUT2D eigenvalue weighted by molar-refractivity contribution is -0.387. The van der Waals surface area contributed by atoms with Crippen LogP contribution in [0.25, 0.3) is 0 Å². The average molecular weight is 373 g/mol. The number of benzene rings is 2. The second-order valence-corrected chi connectivity index (χ2v) is 6.87. The van der Waals surface area contributed by atoms with Gasteiger partial charge >= 0.3 is 5.97 Å². The predicted molar refractivity (Wildman–Crippen MR) is 99.8 cm³/mol. The molecule has 0 aliphatic carbocycles. The molecule has 0 atom stereocenters. The van der Waals surface area contributed by atoms with Gasteiger partial charge in [0.05, 0.1) is 15.6 Å². The molecule has 0 heterocycles. The largest absolute Gasteiger partial charge is 0.457 e.